The molecule has 5 nitrogen and oxygen atoms in total. The molecule has 0 aliphatic heterocycles. The number of hydrogen-bond donors (Lipinski definition) is 0. The molecule has 14 aromatic rings. The van der Waals surface area contributed by atoms with E-state index in [2.05, 4.69) is 228 Å². The van der Waals surface area contributed by atoms with Crippen molar-refractivity contribution in [2.75, 3.05) is 0 Å². The highest BCUT2D eigenvalue weighted by Gasteiger charge is 2.23. The predicted octanol–water partition coefficient (Wildman–Crippen LogP) is 16.2. The van der Waals surface area contributed by atoms with Crippen LogP contribution in [-0.4, -0.2) is 24.1 Å². The maximum atomic E-state index is 5.49. The quantitative estimate of drug-likeness (QED) is 0.167. The molecule has 11 aromatic carbocycles. The smallest absolute Gasteiger partial charge is 0.164 e. The summed E-state index contributed by atoms with van der Waals surface area (Å²) in [6, 6.07) is 84.7. The SMILES string of the molecule is c1ccc(-c2ccc3c(-c4nc(-c5ccccc5)nc(-c5cccc6c5c5ccccc5n6-c5ccccc5)n4)ccc(-n4c5cc6ccccc6cc5c5cc6ccccc6cc54)c3c2)cc1. The van der Waals surface area contributed by atoms with Gasteiger partial charge in [-0.05, 0) is 105 Å². The van der Waals surface area contributed by atoms with E-state index in [-0.39, 0.29) is 0 Å². The number of rotatable bonds is 6. The number of fused-ring (bicyclic) bond motifs is 9. The van der Waals surface area contributed by atoms with Crippen LogP contribution in [0.5, 0.6) is 0 Å². The fraction of sp³-hybridized carbons (Fsp3) is 0. The van der Waals surface area contributed by atoms with E-state index in [4.69, 9.17) is 15.0 Å². The van der Waals surface area contributed by atoms with Crippen LogP contribution < -0.4 is 0 Å². The van der Waals surface area contributed by atoms with E-state index in [0.29, 0.717) is 17.5 Å². The molecule has 0 radical (unpaired) electrons. The Labute approximate surface area is 391 Å². The third-order valence-electron chi connectivity index (χ3n) is 13.7. The van der Waals surface area contributed by atoms with Crippen molar-refractivity contribution in [3.63, 3.8) is 0 Å². The van der Waals surface area contributed by atoms with Gasteiger partial charge in [0.25, 0.3) is 0 Å². The highest BCUT2D eigenvalue weighted by molar-refractivity contribution is 6.18. The zero-order chi connectivity index (χ0) is 44.7. The maximum Gasteiger partial charge on any atom is 0.164 e. The standard InChI is InChI=1S/C63H39N5/c1-4-17-40(18-5-1)46-31-32-48-49(33-34-56(52(48)37-46)68-58-38-44-23-12-10-21-42(44)35-53(58)54-36-43-22-11-13-24-45(43)39-59(54)68)62-64-61(41-19-6-2-7-20-41)65-63(66-62)51-28-16-30-57-60(51)50-27-14-15-29-55(50)67(57)47-25-8-3-9-26-47/h1-39H. The molecule has 0 atom stereocenters. The normalized spacial score (nSPS) is 11.8. The molecule has 0 fully saturated rings. The highest BCUT2D eigenvalue weighted by Crippen LogP contribution is 2.43. The molecule has 0 aliphatic rings. The Hall–Kier alpha value is -9.19. The molecule has 0 N–H and O–H groups in total. The molecule has 0 saturated heterocycles. The van der Waals surface area contributed by atoms with E-state index in [1.165, 1.54) is 32.3 Å². The van der Waals surface area contributed by atoms with Gasteiger partial charge < -0.3 is 9.13 Å². The van der Waals surface area contributed by atoms with Crippen molar-refractivity contribution in [1.82, 2.24) is 24.1 Å². The summed E-state index contributed by atoms with van der Waals surface area (Å²) in [4.78, 5) is 16.2. The predicted molar refractivity (Wildman–Crippen MR) is 283 cm³/mol. The first-order chi connectivity index (χ1) is 33.7. The molecule has 0 amide bonds. The van der Waals surface area contributed by atoms with Crippen molar-refractivity contribution >= 4 is 75.9 Å². The minimum Gasteiger partial charge on any atom is -0.309 e. The molecule has 68 heavy (non-hydrogen) atoms. The Morgan fingerprint density at radius 2 is 0.809 bits per heavy atom. The van der Waals surface area contributed by atoms with Gasteiger partial charge in [0.15, 0.2) is 17.5 Å². The van der Waals surface area contributed by atoms with E-state index >= 15 is 0 Å². The van der Waals surface area contributed by atoms with Gasteiger partial charge in [0.2, 0.25) is 0 Å². The van der Waals surface area contributed by atoms with Crippen molar-refractivity contribution < 1.29 is 0 Å². The van der Waals surface area contributed by atoms with E-state index in [9.17, 15) is 0 Å². The van der Waals surface area contributed by atoms with E-state index in [0.717, 1.165) is 82.8 Å². The largest absolute Gasteiger partial charge is 0.309 e. The molecule has 5 heteroatoms. The summed E-state index contributed by atoms with van der Waals surface area (Å²) in [6.45, 7) is 0. The lowest BCUT2D eigenvalue weighted by Gasteiger charge is -2.17. The summed E-state index contributed by atoms with van der Waals surface area (Å²) in [6.07, 6.45) is 0. The molecular formula is C63H39N5. The van der Waals surface area contributed by atoms with Crippen LogP contribution in [0.4, 0.5) is 0 Å². The lowest BCUT2D eigenvalue weighted by Crippen LogP contribution is -2.02. The number of hydrogen-bond acceptors (Lipinski definition) is 3. The molecule has 316 valence electrons. The molecule has 0 bridgehead atoms. The summed E-state index contributed by atoms with van der Waals surface area (Å²) in [5.74, 6) is 1.85. The zero-order valence-electron chi connectivity index (χ0n) is 36.8. The van der Waals surface area contributed by atoms with Crippen molar-refractivity contribution in [2.45, 2.75) is 0 Å². The fourth-order valence-corrected chi connectivity index (χ4v) is 10.6. The van der Waals surface area contributed by atoms with E-state index in [1.807, 2.05) is 18.2 Å². The average Bonchev–Trinajstić information content (AvgIpc) is 3.91. The molecule has 0 aliphatic carbocycles. The molecule has 0 unspecified atom stereocenters. The van der Waals surface area contributed by atoms with Gasteiger partial charge in [-0.15, -0.1) is 0 Å². The van der Waals surface area contributed by atoms with Gasteiger partial charge in [-0.3, -0.25) is 0 Å². The molecule has 3 aromatic heterocycles. The first-order valence-electron chi connectivity index (χ1n) is 23.1. The summed E-state index contributed by atoms with van der Waals surface area (Å²) in [5, 5.41) is 11.7. The van der Waals surface area contributed by atoms with Crippen LogP contribution in [0, 0.1) is 0 Å². The van der Waals surface area contributed by atoms with Gasteiger partial charge in [0.1, 0.15) is 0 Å². The Morgan fingerprint density at radius 1 is 0.265 bits per heavy atom. The monoisotopic (exact) mass is 865 g/mol. The molecule has 0 saturated carbocycles. The van der Waals surface area contributed by atoms with Crippen molar-refractivity contribution in [1.29, 1.82) is 0 Å². The average molecular weight is 866 g/mol. The Kier molecular flexibility index (Phi) is 8.52. The van der Waals surface area contributed by atoms with Crippen LogP contribution in [0.1, 0.15) is 0 Å². The van der Waals surface area contributed by atoms with Crippen LogP contribution in [0.25, 0.3) is 133 Å². The lowest BCUT2D eigenvalue weighted by molar-refractivity contribution is 1.08. The topological polar surface area (TPSA) is 48.5 Å². The summed E-state index contributed by atoms with van der Waals surface area (Å²) < 4.78 is 4.81. The molecular weight excluding hydrogens is 827 g/mol. The second-order valence-corrected chi connectivity index (χ2v) is 17.6. The fourth-order valence-electron chi connectivity index (χ4n) is 10.6. The maximum absolute atomic E-state index is 5.49. The number of para-hydroxylation sites is 2. The highest BCUT2D eigenvalue weighted by atomic mass is 15.0. The number of nitrogens with zero attached hydrogens (tertiary/aromatic N) is 5. The summed E-state index contributed by atoms with van der Waals surface area (Å²) >= 11 is 0. The van der Waals surface area contributed by atoms with Gasteiger partial charge in [-0.2, -0.15) is 0 Å². The van der Waals surface area contributed by atoms with Gasteiger partial charge in [0.05, 0.1) is 27.8 Å². The van der Waals surface area contributed by atoms with Crippen LogP contribution >= 0.6 is 0 Å². The number of aromatic nitrogens is 5. The van der Waals surface area contributed by atoms with Gasteiger partial charge >= 0.3 is 0 Å². The van der Waals surface area contributed by atoms with Crippen LogP contribution in [0.3, 0.4) is 0 Å². The molecule has 14 rings (SSSR count). The third-order valence-corrected chi connectivity index (χ3v) is 13.7. The second-order valence-electron chi connectivity index (χ2n) is 17.6. The van der Waals surface area contributed by atoms with Crippen molar-refractivity contribution in [3.8, 4) is 56.7 Å². The Morgan fingerprint density at radius 3 is 1.49 bits per heavy atom. The zero-order valence-corrected chi connectivity index (χ0v) is 36.8. The van der Waals surface area contributed by atoms with Crippen LogP contribution in [-0.2, 0) is 0 Å². The number of benzene rings is 11. The van der Waals surface area contributed by atoms with E-state index in [1.54, 1.807) is 0 Å². The second kappa shape index (κ2) is 15.2. The third kappa shape index (κ3) is 5.99. The van der Waals surface area contributed by atoms with Gasteiger partial charge in [-0.25, -0.2) is 15.0 Å². The van der Waals surface area contributed by atoms with Crippen LogP contribution in [0.2, 0.25) is 0 Å². The minimum atomic E-state index is 0.612. The Balaban J connectivity index is 1.06. The van der Waals surface area contributed by atoms with Crippen LogP contribution in [0.15, 0.2) is 237 Å². The lowest BCUT2D eigenvalue weighted by atomic mass is 9.96. The summed E-state index contributed by atoms with van der Waals surface area (Å²) in [5.41, 5.74) is 11.8. The molecule has 0 spiro atoms. The Bertz CT molecular complexity index is 4210. The van der Waals surface area contributed by atoms with Gasteiger partial charge in [-0.1, -0.05) is 170 Å². The summed E-state index contributed by atoms with van der Waals surface area (Å²) in [7, 11) is 0. The van der Waals surface area contributed by atoms with Crippen molar-refractivity contribution in [3.05, 3.63) is 237 Å². The van der Waals surface area contributed by atoms with Crippen molar-refractivity contribution in [2.24, 2.45) is 0 Å². The first-order valence-corrected chi connectivity index (χ1v) is 23.1. The van der Waals surface area contributed by atoms with Gasteiger partial charge in [0, 0.05) is 49.3 Å². The van der Waals surface area contributed by atoms with E-state index < -0.39 is 0 Å². The molecule has 3 heterocycles. The first kappa shape index (κ1) is 38.1. The minimum absolute atomic E-state index is 0.612.